The number of carboxylic acid groups (broad SMARTS) is 1. The van der Waals surface area contributed by atoms with Crippen molar-refractivity contribution >= 4 is 40.4 Å². The number of benzene rings is 2. The molecule has 8 heteroatoms. The molecule has 3 aromatic rings. The molecule has 30 heavy (non-hydrogen) atoms. The molecule has 0 radical (unpaired) electrons. The van der Waals surface area contributed by atoms with E-state index in [4.69, 9.17) is 4.74 Å². The average molecular weight is 405 g/mol. The Bertz CT molecular complexity index is 1150. The first-order valence-corrected chi connectivity index (χ1v) is 9.45. The maximum Gasteiger partial charge on any atom is 0.336 e. The molecule has 1 N–H and O–H groups in total. The summed E-state index contributed by atoms with van der Waals surface area (Å²) in [6.07, 6.45) is 3.35. The summed E-state index contributed by atoms with van der Waals surface area (Å²) in [7, 11) is 0. The molecule has 4 rings (SSSR count). The van der Waals surface area contributed by atoms with E-state index >= 15 is 0 Å². The number of hydrogen-bond donors (Lipinski definition) is 1. The number of hydrogen-bond acceptors (Lipinski definition) is 6. The SMILES string of the molecule is O=C(O)c1cc(/C=C/c2ccc(N3CCOCC3)c([N+](=O)[O-])c2)nc2ccccc12. The monoisotopic (exact) mass is 405 g/mol. The Balaban J connectivity index is 1.68. The Labute approximate surface area is 172 Å². The highest BCUT2D eigenvalue weighted by Gasteiger charge is 2.21. The first kappa shape index (κ1) is 19.5. The van der Waals surface area contributed by atoms with Crippen LogP contribution in [0.15, 0.2) is 48.5 Å². The van der Waals surface area contributed by atoms with Gasteiger partial charge in [-0.15, -0.1) is 0 Å². The molecule has 0 amide bonds. The number of rotatable bonds is 5. The number of nitro groups is 1. The highest BCUT2D eigenvalue weighted by Crippen LogP contribution is 2.30. The largest absolute Gasteiger partial charge is 0.478 e. The molecule has 152 valence electrons. The predicted octanol–water partition coefficient (Wildman–Crippen LogP) is 3.85. The summed E-state index contributed by atoms with van der Waals surface area (Å²) in [6, 6.07) is 13.6. The van der Waals surface area contributed by atoms with Crippen molar-refractivity contribution in [2.45, 2.75) is 0 Å². The number of nitrogens with zero attached hydrogens (tertiary/aromatic N) is 3. The summed E-state index contributed by atoms with van der Waals surface area (Å²) in [6.45, 7) is 2.29. The molecule has 1 aromatic heterocycles. The predicted molar refractivity (Wildman–Crippen MR) is 114 cm³/mol. The van der Waals surface area contributed by atoms with Gasteiger partial charge in [0.15, 0.2) is 0 Å². The Kier molecular flexibility index (Phi) is 5.40. The number of carbonyl (C=O) groups is 1. The Morgan fingerprint density at radius 1 is 1.13 bits per heavy atom. The van der Waals surface area contributed by atoms with Crippen LogP contribution in [0.4, 0.5) is 11.4 Å². The lowest BCUT2D eigenvalue weighted by Gasteiger charge is -2.28. The van der Waals surface area contributed by atoms with E-state index in [2.05, 4.69) is 4.98 Å². The lowest BCUT2D eigenvalue weighted by molar-refractivity contribution is -0.384. The zero-order chi connectivity index (χ0) is 21.1. The van der Waals surface area contributed by atoms with E-state index in [1.807, 2.05) is 4.90 Å². The molecule has 2 heterocycles. The van der Waals surface area contributed by atoms with Gasteiger partial charge in [-0.25, -0.2) is 9.78 Å². The van der Waals surface area contributed by atoms with Gasteiger partial charge in [0.05, 0.1) is 34.9 Å². The van der Waals surface area contributed by atoms with Gasteiger partial charge in [0.2, 0.25) is 0 Å². The first-order valence-electron chi connectivity index (χ1n) is 9.45. The number of aromatic carboxylic acids is 1. The molecule has 1 fully saturated rings. The van der Waals surface area contributed by atoms with Crippen LogP contribution in [-0.4, -0.2) is 47.3 Å². The molecule has 1 aliphatic rings. The van der Waals surface area contributed by atoms with Gasteiger partial charge in [0, 0.05) is 24.5 Å². The number of pyridine rings is 1. The molecule has 8 nitrogen and oxygen atoms in total. The van der Waals surface area contributed by atoms with Crippen molar-refractivity contribution in [3.63, 3.8) is 0 Å². The van der Waals surface area contributed by atoms with Gasteiger partial charge in [0.25, 0.3) is 5.69 Å². The van der Waals surface area contributed by atoms with E-state index < -0.39 is 5.97 Å². The van der Waals surface area contributed by atoms with Crippen LogP contribution in [0.3, 0.4) is 0 Å². The Morgan fingerprint density at radius 2 is 1.90 bits per heavy atom. The number of carboxylic acids is 1. The second kappa shape index (κ2) is 8.30. The van der Waals surface area contributed by atoms with Gasteiger partial charge in [-0.2, -0.15) is 0 Å². The number of fused-ring (bicyclic) bond motifs is 1. The molecule has 0 spiro atoms. The third-order valence-corrected chi connectivity index (χ3v) is 4.96. The normalized spacial score (nSPS) is 14.3. The molecule has 0 unspecified atom stereocenters. The molecular weight excluding hydrogens is 386 g/mol. The fourth-order valence-corrected chi connectivity index (χ4v) is 3.50. The standard InChI is InChI=1S/C22H19N3O5/c26-22(27)18-14-16(23-19-4-2-1-3-17(18)19)7-5-15-6-8-20(21(13-15)25(28)29)24-9-11-30-12-10-24/h1-8,13-14H,9-12H2,(H,26,27)/b7-5+. The fraction of sp³-hybridized carbons (Fsp3) is 0.182. The lowest BCUT2D eigenvalue weighted by Crippen LogP contribution is -2.36. The van der Waals surface area contributed by atoms with Crippen molar-refractivity contribution in [1.29, 1.82) is 0 Å². The Hall–Kier alpha value is -3.78. The second-order valence-electron chi connectivity index (χ2n) is 6.85. The number of anilines is 1. The molecular formula is C22H19N3O5. The van der Waals surface area contributed by atoms with E-state index in [9.17, 15) is 20.0 Å². The Morgan fingerprint density at radius 3 is 2.63 bits per heavy atom. The quantitative estimate of drug-likeness (QED) is 0.508. The van der Waals surface area contributed by atoms with E-state index in [-0.39, 0.29) is 16.2 Å². The smallest absolute Gasteiger partial charge is 0.336 e. The first-order chi connectivity index (χ1) is 14.5. The molecule has 0 saturated carbocycles. The van der Waals surface area contributed by atoms with Crippen LogP contribution in [0.1, 0.15) is 21.6 Å². The summed E-state index contributed by atoms with van der Waals surface area (Å²) in [5, 5.41) is 21.7. The van der Waals surface area contributed by atoms with Crippen molar-refractivity contribution in [3.8, 4) is 0 Å². The van der Waals surface area contributed by atoms with Crippen LogP contribution in [0.25, 0.3) is 23.1 Å². The molecule has 2 aromatic carbocycles. The highest BCUT2D eigenvalue weighted by atomic mass is 16.6. The maximum absolute atomic E-state index is 11.6. The minimum absolute atomic E-state index is 0.0248. The van der Waals surface area contributed by atoms with Gasteiger partial charge < -0.3 is 14.7 Å². The van der Waals surface area contributed by atoms with Crippen LogP contribution >= 0.6 is 0 Å². The van der Waals surface area contributed by atoms with Crippen LogP contribution in [-0.2, 0) is 4.74 Å². The zero-order valence-corrected chi connectivity index (χ0v) is 16.0. The van der Waals surface area contributed by atoms with Crippen molar-refractivity contribution < 1.29 is 19.6 Å². The summed E-state index contributed by atoms with van der Waals surface area (Å²) in [4.78, 5) is 29.2. The minimum Gasteiger partial charge on any atom is -0.478 e. The van der Waals surface area contributed by atoms with E-state index in [1.54, 1.807) is 48.6 Å². The van der Waals surface area contributed by atoms with Crippen LogP contribution in [0.2, 0.25) is 0 Å². The number of morpholine rings is 1. The van der Waals surface area contributed by atoms with Gasteiger partial charge in [-0.05, 0) is 29.8 Å². The summed E-state index contributed by atoms with van der Waals surface area (Å²) >= 11 is 0. The number of aromatic nitrogens is 1. The summed E-state index contributed by atoms with van der Waals surface area (Å²) in [5.74, 6) is -1.03. The van der Waals surface area contributed by atoms with Crippen LogP contribution in [0, 0.1) is 10.1 Å². The van der Waals surface area contributed by atoms with Gasteiger partial charge in [-0.1, -0.05) is 30.3 Å². The van der Waals surface area contributed by atoms with Gasteiger partial charge >= 0.3 is 5.97 Å². The summed E-state index contributed by atoms with van der Waals surface area (Å²) < 4.78 is 5.32. The zero-order valence-electron chi connectivity index (χ0n) is 16.0. The third-order valence-electron chi connectivity index (χ3n) is 4.96. The lowest BCUT2D eigenvalue weighted by atomic mass is 10.1. The van der Waals surface area contributed by atoms with E-state index in [0.717, 1.165) is 0 Å². The average Bonchev–Trinajstić information content (AvgIpc) is 2.77. The number of ether oxygens (including phenoxy) is 1. The minimum atomic E-state index is -1.03. The van der Waals surface area contributed by atoms with Crippen LogP contribution < -0.4 is 4.90 Å². The number of nitro benzene ring substituents is 1. The van der Waals surface area contributed by atoms with Crippen molar-refractivity contribution in [2.75, 3.05) is 31.2 Å². The summed E-state index contributed by atoms with van der Waals surface area (Å²) in [5.41, 5.74) is 2.42. The van der Waals surface area contributed by atoms with Gasteiger partial charge in [0.1, 0.15) is 5.69 Å². The highest BCUT2D eigenvalue weighted by molar-refractivity contribution is 6.03. The van der Waals surface area contributed by atoms with E-state index in [1.165, 1.54) is 12.1 Å². The maximum atomic E-state index is 11.6. The fourth-order valence-electron chi connectivity index (χ4n) is 3.50. The topological polar surface area (TPSA) is 106 Å². The van der Waals surface area contributed by atoms with E-state index in [0.29, 0.717) is 54.2 Å². The second-order valence-corrected chi connectivity index (χ2v) is 6.85. The molecule has 0 aliphatic carbocycles. The van der Waals surface area contributed by atoms with Crippen molar-refractivity contribution in [1.82, 2.24) is 4.98 Å². The molecule has 1 aliphatic heterocycles. The number of para-hydroxylation sites is 1. The molecule has 0 atom stereocenters. The van der Waals surface area contributed by atoms with Crippen molar-refractivity contribution in [3.05, 3.63) is 75.5 Å². The van der Waals surface area contributed by atoms with Gasteiger partial charge in [-0.3, -0.25) is 10.1 Å². The third kappa shape index (κ3) is 3.99. The van der Waals surface area contributed by atoms with Crippen LogP contribution in [0.5, 0.6) is 0 Å². The molecule has 0 bridgehead atoms. The molecule has 1 saturated heterocycles. The van der Waals surface area contributed by atoms with Crippen molar-refractivity contribution in [2.24, 2.45) is 0 Å².